The van der Waals surface area contributed by atoms with Crippen LogP contribution in [-0.2, 0) is 10.0 Å². The first-order valence-corrected chi connectivity index (χ1v) is 10.4. The van der Waals surface area contributed by atoms with Crippen LogP contribution in [0.2, 0.25) is 0 Å². The predicted octanol–water partition coefficient (Wildman–Crippen LogP) is 4.31. The normalized spacial score (nSPS) is 12.4. The molecule has 28 heavy (non-hydrogen) atoms. The van der Waals surface area contributed by atoms with Gasteiger partial charge in [0, 0.05) is 18.4 Å². The van der Waals surface area contributed by atoms with Crippen molar-refractivity contribution in [2.24, 2.45) is 0 Å². The SMILES string of the molecule is CCOc1ccc(Oc2ccc(S(=O)(=O)NC(C)c3ccncc3)cc2)cc1. The lowest BCUT2D eigenvalue weighted by atomic mass is 10.1. The van der Waals surface area contributed by atoms with Crippen molar-refractivity contribution in [1.82, 2.24) is 9.71 Å². The van der Waals surface area contributed by atoms with Gasteiger partial charge in [0.25, 0.3) is 0 Å². The van der Waals surface area contributed by atoms with Gasteiger partial charge >= 0.3 is 0 Å². The van der Waals surface area contributed by atoms with Gasteiger partial charge in [0.1, 0.15) is 17.2 Å². The minimum atomic E-state index is -3.65. The first-order valence-electron chi connectivity index (χ1n) is 8.91. The molecule has 2 aromatic carbocycles. The molecule has 0 radical (unpaired) electrons. The third-order valence-electron chi connectivity index (χ3n) is 4.04. The highest BCUT2D eigenvalue weighted by Crippen LogP contribution is 2.25. The van der Waals surface area contributed by atoms with E-state index >= 15 is 0 Å². The van der Waals surface area contributed by atoms with Crippen molar-refractivity contribution in [3.63, 3.8) is 0 Å². The molecule has 1 aromatic heterocycles. The number of hydrogen-bond acceptors (Lipinski definition) is 5. The Balaban J connectivity index is 1.67. The summed E-state index contributed by atoms with van der Waals surface area (Å²) in [6.07, 6.45) is 3.26. The molecule has 6 nitrogen and oxygen atoms in total. The molecule has 1 unspecified atom stereocenters. The number of aromatic nitrogens is 1. The Morgan fingerprint density at radius 1 is 0.893 bits per heavy atom. The minimum absolute atomic E-state index is 0.174. The lowest BCUT2D eigenvalue weighted by Crippen LogP contribution is -2.26. The third kappa shape index (κ3) is 5.09. The van der Waals surface area contributed by atoms with E-state index in [0.717, 1.165) is 11.3 Å². The standard InChI is InChI=1S/C21H22N2O4S/c1-3-26-18-4-6-19(7-5-18)27-20-8-10-21(11-9-20)28(24,25)23-16(2)17-12-14-22-15-13-17/h4-16,23H,3H2,1-2H3. The molecule has 1 atom stereocenters. The van der Waals surface area contributed by atoms with Crippen LogP contribution < -0.4 is 14.2 Å². The molecule has 1 heterocycles. The summed E-state index contributed by atoms with van der Waals surface area (Å²) >= 11 is 0. The molecule has 0 spiro atoms. The van der Waals surface area contributed by atoms with Crippen molar-refractivity contribution in [2.75, 3.05) is 6.61 Å². The highest BCUT2D eigenvalue weighted by atomic mass is 32.2. The number of pyridine rings is 1. The lowest BCUT2D eigenvalue weighted by molar-refractivity contribution is 0.339. The van der Waals surface area contributed by atoms with E-state index in [1.54, 1.807) is 55.7 Å². The monoisotopic (exact) mass is 398 g/mol. The van der Waals surface area contributed by atoms with Gasteiger partial charge in [-0.25, -0.2) is 13.1 Å². The number of hydrogen-bond donors (Lipinski definition) is 1. The number of sulfonamides is 1. The van der Waals surface area contributed by atoms with E-state index in [0.29, 0.717) is 18.1 Å². The Morgan fingerprint density at radius 3 is 2.00 bits per heavy atom. The van der Waals surface area contributed by atoms with Gasteiger partial charge in [-0.15, -0.1) is 0 Å². The van der Waals surface area contributed by atoms with Crippen molar-refractivity contribution in [1.29, 1.82) is 0 Å². The largest absolute Gasteiger partial charge is 0.494 e. The van der Waals surface area contributed by atoms with E-state index < -0.39 is 10.0 Å². The molecule has 146 valence electrons. The van der Waals surface area contributed by atoms with Gasteiger partial charge in [-0.05, 0) is 80.1 Å². The van der Waals surface area contributed by atoms with Crippen LogP contribution in [0.15, 0.2) is 78.0 Å². The van der Waals surface area contributed by atoms with Crippen LogP contribution >= 0.6 is 0 Å². The molecule has 0 amide bonds. The van der Waals surface area contributed by atoms with Gasteiger partial charge in [-0.1, -0.05) is 0 Å². The summed E-state index contributed by atoms with van der Waals surface area (Å²) < 4.78 is 39.0. The highest BCUT2D eigenvalue weighted by Gasteiger charge is 2.18. The van der Waals surface area contributed by atoms with Crippen molar-refractivity contribution in [2.45, 2.75) is 24.8 Å². The number of benzene rings is 2. The molecule has 3 aromatic rings. The van der Waals surface area contributed by atoms with E-state index in [2.05, 4.69) is 9.71 Å². The van der Waals surface area contributed by atoms with E-state index in [4.69, 9.17) is 9.47 Å². The fraction of sp³-hybridized carbons (Fsp3) is 0.190. The number of nitrogens with one attached hydrogen (secondary N) is 1. The molecule has 3 rings (SSSR count). The smallest absolute Gasteiger partial charge is 0.241 e. The number of ether oxygens (including phenoxy) is 2. The highest BCUT2D eigenvalue weighted by molar-refractivity contribution is 7.89. The van der Waals surface area contributed by atoms with Crippen LogP contribution in [0.25, 0.3) is 0 Å². The minimum Gasteiger partial charge on any atom is -0.494 e. The Hall–Kier alpha value is -2.90. The van der Waals surface area contributed by atoms with Crippen molar-refractivity contribution < 1.29 is 17.9 Å². The first-order chi connectivity index (χ1) is 13.5. The second kappa shape index (κ2) is 8.86. The Kier molecular flexibility index (Phi) is 6.28. The van der Waals surface area contributed by atoms with Crippen LogP contribution in [0.4, 0.5) is 0 Å². The molecular formula is C21H22N2O4S. The topological polar surface area (TPSA) is 77.5 Å². The Labute approximate surface area is 165 Å². The van der Waals surface area contributed by atoms with Gasteiger partial charge < -0.3 is 9.47 Å². The van der Waals surface area contributed by atoms with Crippen LogP contribution in [0.3, 0.4) is 0 Å². The second-order valence-corrected chi connectivity index (χ2v) is 7.82. The molecule has 0 aliphatic heterocycles. The Bertz CT molecular complexity index is 989. The average molecular weight is 398 g/mol. The summed E-state index contributed by atoms with van der Waals surface area (Å²) in [4.78, 5) is 4.12. The third-order valence-corrected chi connectivity index (χ3v) is 5.60. The Morgan fingerprint density at radius 2 is 1.43 bits per heavy atom. The molecule has 0 fully saturated rings. The molecule has 0 saturated carbocycles. The molecule has 0 aliphatic rings. The lowest BCUT2D eigenvalue weighted by Gasteiger charge is -2.15. The fourth-order valence-electron chi connectivity index (χ4n) is 2.61. The fourth-order valence-corrected chi connectivity index (χ4v) is 3.85. The maximum Gasteiger partial charge on any atom is 0.241 e. The van der Waals surface area contributed by atoms with E-state index in [-0.39, 0.29) is 10.9 Å². The van der Waals surface area contributed by atoms with Crippen LogP contribution in [-0.4, -0.2) is 20.0 Å². The van der Waals surface area contributed by atoms with Gasteiger partial charge in [0.15, 0.2) is 0 Å². The number of nitrogens with zero attached hydrogens (tertiary/aromatic N) is 1. The van der Waals surface area contributed by atoms with Gasteiger partial charge in [-0.2, -0.15) is 0 Å². The number of rotatable bonds is 8. The zero-order valence-electron chi connectivity index (χ0n) is 15.7. The predicted molar refractivity (Wildman–Crippen MR) is 107 cm³/mol. The van der Waals surface area contributed by atoms with E-state index in [9.17, 15) is 8.42 Å². The molecule has 0 saturated heterocycles. The summed E-state index contributed by atoms with van der Waals surface area (Å²) in [5.74, 6) is 1.96. The van der Waals surface area contributed by atoms with Crippen molar-refractivity contribution >= 4 is 10.0 Å². The van der Waals surface area contributed by atoms with Gasteiger partial charge in [0.2, 0.25) is 10.0 Å². The summed E-state index contributed by atoms with van der Waals surface area (Å²) in [5, 5.41) is 0. The summed E-state index contributed by atoms with van der Waals surface area (Å²) in [6.45, 7) is 4.31. The zero-order valence-corrected chi connectivity index (χ0v) is 16.5. The maximum atomic E-state index is 12.6. The van der Waals surface area contributed by atoms with E-state index in [1.807, 2.05) is 19.1 Å². The zero-order chi connectivity index (χ0) is 20.0. The van der Waals surface area contributed by atoms with Gasteiger partial charge in [-0.3, -0.25) is 4.98 Å². The summed E-state index contributed by atoms with van der Waals surface area (Å²) in [6, 6.07) is 16.7. The summed E-state index contributed by atoms with van der Waals surface area (Å²) in [7, 11) is -3.65. The van der Waals surface area contributed by atoms with Crippen molar-refractivity contribution in [3.8, 4) is 17.2 Å². The van der Waals surface area contributed by atoms with Crippen LogP contribution in [0.5, 0.6) is 17.2 Å². The van der Waals surface area contributed by atoms with E-state index in [1.165, 1.54) is 12.1 Å². The molecule has 7 heteroatoms. The molecule has 0 aliphatic carbocycles. The van der Waals surface area contributed by atoms with Gasteiger partial charge in [0.05, 0.1) is 11.5 Å². The maximum absolute atomic E-state index is 12.6. The first kappa shape index (κ1) is 19.9. The molecular weight excluding hydrogens is 376 g/mol. The van der Waals surface area contributed by atoms with Crippen molar-refractivity contribution in [3.05, 3.63) is 78.6 Å². The molecule has 0 bridgehead atoms. The van der Waals surface area contributed by atoms with Crippen LogP contribution in [0, 0.1) is 0 Å². The molecule has 1 N–H and O–H groups in total. The quantitative estimate of drug-likeness (QED) is 0.612. The second-order valence-electron chi connectivity index (χ2n) is 6.10. The average Bonchev–Trinajstić information content (AvgIpc) is 2.70. The summed E-state index contributed by atoms with van der Waals surface area (Å²) in [5.41, 5.74) is 0.842. The van der Waals surface area contributed by atoms with Crippen LogP contribution in [0.1, 0.15) is 25.5 Å².